The van der Waals surface area contributed by atoms with E-state index in [1.165, 1.54) is 13.8 Å². The van der Waals surface area contributed by atoms with Crippen LogP contribution in [-0.4, -0.2) is 20.8 Å². The van der Waals surface area contributed by atoms with Gasteiger partial charge in [-0.3, -0.25) is 0 Å². The van der Waals surface area contributed by atoms with Crippen LogP contribution in [0, 0.1) is 0 Å². The normalized spacial score (nSPS) is 9.38. The van der Waals surface area contributed by atoms with E-state index in [1.807, 2.05) is 0 Å². The van der Waals surface area contributed by atoms with E-state index in [-0.39, 0.29) is 5.78 Å². The second kappa shape index (κ2) is 10.6. The number of rotatable bonds is 0. The molecule has 0 radical (unpaired) electrons. The summed E-state index contributed by atoms with van der Waals surface area (Å²) in [7, 11) is 0. The molecule has 0 atom stereocenters. The number of Topliss-reactive ketones (excluding diaryl/α,β-unsaturated/α-hetero) is 1. The number of ketones is 1. The SMILES string of the molecule is CC(C)(C)O.CC(C)=O.ClC(Cl)Cl. The van der Waals surface area contributed by atoms with Crippen LogP contribution in [0.5, 0.6) is 0 Å². The molecule has 82 valence electrons. The lowest BCUT2D eigenvalue weighted by Gasteiger charge is -2.04. The van der Waals surface area contributed by atoms with E-state index in [0.717, 1.165) is 0 Å². The van der Waals surface area contributed by atoms with Gasteiger partial charge in [-0.25, -0.2) is 0 Å². The van der Waals surface area contributed by atoms with Gasteiger partial charge in [-0.1, -0.05) is 34.8 Å². The van der Waals surface area contributed by atoms with Crippen molar-refractivity contribution in [3.05, 3.63) is 0 Å². The second-order valence-electron chi connectivity index (χ2n) is 3.33. The van der Waals surface area contributed by atoms with Crippen LogP contribution in [0.25, 0.3) is 0 Å². The minimum absolute atomic E-state index is 0.167. The molecule has 0 amide bonds. The fourth-order valence-electron chi connectivity index (χ4n) is 0. The highest BCUT2D eigenvalue weighted by Crippen LogP contribution is 2.03. The predicted molar refractivity (Wildman–Crippen MR) is 59.7 cm³/mol. The molecular formula is C8H17Cl3O2. The summed E-state index contributed by atoms with van der Waals surface area (Å²) in [5.41, 5.74) is -0.500. The average Bonchev–Trinajstić information content (AvgIpc) is 1.50. The van der Waals surface area contributed by atoms with Crippen LogP contribution in [0.15, 0.2) is 0 Å². The van der Waals surface area contributed by atoms with Gasteiger partial charge in [0.15, 0.2) is 4.30 Å². The quantitative estimate of drug-likeness (QED) is 0.670. The zero-order valence-corrected chi connectivity index (χ0v) is 10.8. The molecular weight excluding hydrogens is 234 g/mol. The lowest BCUT2D eigenvalue weighted by Crippen LogP contribution is -2.10. The molecule has 0 saturated carbocycles. The minimum atomic E-state index is -0.750. The third-order valence-electron chi connectivity index (χ3n) is 0. The fraction of sp³-hybridized carbons (Fsp3) is 0.875. The molecule has 0 bridgehead atoms. The Bertz CT molecular complexity index is 106. The molecule has 0 rings (SSSR count). The van der Waals surface area contributed by atoms with Gasteiger partial charge in [0.2, 0.25) is 0 Å². The monoisotopic (exact) mass is 250 g/mol. The van der Waals surface area contributed by atoms with Gasteiger partial charge in [0, 0.05) is 0 Å². The topological polar surface area (TPSA) is 37.3 Å². The van der Waals surface area contributed by atoms with Crippen molar-refractivity contribution in [2.24, 2.45) is 0 Å². The number of hydrogen-bond donors (Lipinski definition) is 1. The smallest absolute Gasteiger partial charge is 0.180 e. The Kier molecular flexibility index (Phi) is 15.6. The molecule has 0 aromatic heterocycles. The molecule has 0 aliphatic heterocycles. The van der Waals surface area contributed by atoms with Gasteiger partial charge in [-0.05, 0) is 34.6 Å². The number of alkyl halides is 3. The summed E-state index contributed by atoms with van der Waals surface area (Å²) < 4.78 is -0.750. The number of aliphatic hydroxyl groups is 1. The van der Waals surface area contributed by atoms with Gasteiger partial charge in [-0.2, -0.15) is 0 Å². The summed E-state index contributed by atoms with van der Waals surface area (Å²) in [4.78, 5) is 9.44. The molecule has 0 heterocycles. The van der Waals surface area contributed by atoms with Gasteiger partial charge in [0.05, 0.1) is 5.60 Å². The number of halogens is 3. The predicted octanol–water partition coefficient (Wildman–Crippen LogP) is 3.36. The van der Waals surface area contributed by atoms with E-state index in [4.69, 9.17) is 39.9 Å². The van der Waals surface area contributed by atoms with Crippen LogP contribution >= 0.6 is 34.8 Å². The zero-order chi connectivity index (χ0) is 11.7. The molecule has 0 aromatic carbocycles. The Labute approximate surface area is 95.2 Å². The van der Waals surface area contributed by atoms with Gasteiger partial charge in [0.25, 0.3) is 0 Å². The highest BCUT2D eigenvalue weighted by atomic mass is 35.6. The van der Waals surface area contributed by atoms with Crippen molar-refractivity contribution in [1.29, 1.82) is 0 Å². The zero-order valence-electron chi connectivity index (χ0n) is 8.57. The van der Waals surface area contributed by atoms with Crippen LogP contribution in [0.4, 0.5) is 0 Å². The van der Waals surface area contributed by atoms with Gasteiger partial charge >= 0.3 is 0 Å². The Morgan fingerprint density at radius 1 is 1.15 bits per heavy atom. The van der Waals surface area contributed by atoms with Crippen LogP contribution < -0.4 is 0 Å². The number of carbonyl (C=O) groups is 1. The molecule has 0 aliphatic rings. The molecule has 13 heavy (non-hydrogen) atoms. The molecule has 0 unspecified atom stereocenters. The first-order valence-corrected chi connectivity index (χ1v) is 4.89. The molecule has 2 nitrogen and oxygen atoms in total. The van der Waals surface area contributed by atoms with Crippen molar-refractivity contribution in [3.8, 4) is 0 Å². The molecule has 0 spiro atoms. The van der Waals surface area contributed by atoms with Crippen molar-refractivity contribution in [3.63, 3.8) is 0 Å². The Morgan fingerprint density at radius 2 is 1.15 bits per heavy atom. The first kappa shape index (κ1) is 19.1. The first-order valence-electron chi connectivity index (χ1n) is 3.58. The summed E-state index contributed by atoms with van der Waals surface area (Å²) in [5.74, 6) is 0.167. The highest BCUT2D eigenvalue weighted by molar-refractivity contribution is 6.63. The van der Waals surface area contributed by atoms with E-state index >= 15 is 0 Å². The van der Waals surface area contributed by atoms with Crippen LogP contribution in [0.1, 0.15) is 34.6 Å². The lowest BCUT2D eigenvalue weighted by atomic mass is 10.2. The first-order chi connectivity index (χ1) is 5.46. The van der Waals surface area contributed by atoms with E-state index < -0.39 is 9.90 Å². The lowest BCUT2D eigenvalue weighted by molar-refractivity contribution is -0.114. The highest BCUT2D eigenvalue weighted by Gasteiger charge is 1.97. The van der Waals surface area contributed by atoms with Gasteiger partial charge in [0.1, 0.15) is 5.78 Å². The maximum Gasteiger partial charge on any atom is 0.180 e. The molecule has 5 heteroatoms. The van der Waals surface area contributed by atoms with Crippen molar-refractivity contribution >= 4 is 40.6 Å². The summed E-state index contributed by atoms with van der Waals surface area (Å²) in [6, 6.07) is 0. The fourth-order valence-corrected chi connectivity index (χ4v) is 0. The average molecular weight is 252 g/mol. The van der Waals surface area contributed by atoms with Crippen LogP contribution in [0.3, 0.4) is 0 Å². The van der Waals surface area contributed by atoms with Crippen LogP contribution in [0.2, 0.25) is 0 Å². The Morgan fingerprint density at radius 3 is 1.15 bits per heavy atom. The van der Waals surface area contributed by atoms with Gasteiger partial charge < -0.3 is 9.90 Å². The van der Waals surface area contributed by atoms with E-state index in [0.29, 0.717) is 0 Å². The summed E-state index contributed by atoms with van der Waals surface area (Å²) in [6.45, 7) is 8.28. The maximum atomic E-state index is 9.44. The van der Waals surface area contributed by atoms with Crippen molar-refractivity contribution in [1.82, 2.24) is 0 Å². The Hall–Kier alpha value is 0.500. The van der Waals surface area contributed by atoms with E-state index in [1.54, 1.807) is 20.8 Å². The molecule has 0 fully saturated rings. The van der Waals surface area contributed by atoms with Crippen molar-refractivity contribution in [2.75, 3.05) is 0 Å². The second-order valence-corrected chi connectivity index (χ2v) is 5.31. The Balaban J connectivity index is -0.000000117. The molecule has 0 aliphatic carbocycles. The minimum Gasteiger partial charge on any atom is -0.391 e. The van der Waals surface area contributed by atoms with Crippen LogP contribution in [-0.2, 0) is 4.79 Å². The third-order valence-corrected chi connectivity index (χ3v) is 0. The number of carbonyl (C=O) groups excluding carboxylic acids is 1. The van der Waals surface area contributed by atoms with E-state index in [2.05, 4.69) is 0 Å². The summed E-state index contributed by atoms with van der Waals surface area (Å²) in [5, 5.41) is 8.52. The third kappa shape index (κ3) is 5510. The van der Waals surface area contributed by atoms with Gasteiger partial charge in [-0.15, -0.1) is 0 Å². The molecule has 1 N–H and O–H groups in total. The summed E-state index contributed by atoms with van der Waals surface area (Å²) in [6.07, 6.45) is 0. The van der Waals surface area contributed by atoms with Crippen molar-refractivity contribution < 1.29 is 9.90 Å². The molecule has 0 saturated heterocycles. The summed E-state index contributed by atoms with van der Waals surface area (Å²) >= 11 is 14.4. The largest absolute Gasteiger partial charge is 0.391 e. The molecule has 0 aromatic rings. The number of hydrogen-bond acceptors (Lipinski definition) is 2. The van der Waals surface area contributed by atoms with E-state index in [9.17, 15) is 4.79 Å². The standard InChI is InChI=1S/C4H10O.C3H6O.CHCl3/c1-4(2,3)5;1-3(2)4;2-1(3)4/h5H,1-3H3;1-2H3;1H. The van der Waals surface area contributed by atoms with Crippen molar-refractivity contribution in [2.45, 2.75) is 44.5 Å². The maximum absolute atomic E-state index is 9.44.